The van der Waals surface area contributed by atoms with Gasteiger partial charge in [-0.25, -0.2) is 0 Å². The summed E-state index contributed by atoms with van der Waals surface area (Å²) in [4.78, 5) is 0.872. The highest BCUT2D eigenvalue weighted by molar-refractivity contribution is 7.98. The molecular weight excluding hydrogens is 298 g/mol. The van der Waals surface area contributed by atoms with E-state index in [-0.39, 0.29) is 0 Å². The average molecular weight is 319 g/mol. The summed E-state index contributed by atoms with van der Waals surface area (Å²) in [5.41, 5.74) is 3.70. The Bertz CT molecular complexity index is 579. The number of aryl methyl sites for hydroxylation is 1. The molecule has 2 nitrogen and oxygen atoms in total. The van der Waals surface area contributed by atoms with E-state index in [0.29, 0.717) is 0 Å². The van der Waals surface area contributed by atoms with Crippen molar-refractivity contribution in [2.24, 2.45) is 0 Å². The Labute approximate surface area is 133 Å². The monoisotopic (exact) mass is 319 g/mol. The minimum absolute atomic E-state index is 0.779. The standard InChI is InChI=1S/C17H21NOS2/c1-20-12-11-14-3-7-16(8-4-14)18-13-15-5-9-17(10-6-15)21(2)19/h3-10,18H,11-13H2,1-2H3/t21-/m0/s1. The second kappa shape index (κ2) is 8.25. The molecule has 4 heteroatoms. The first-order valence-corrected chi connectivity index (χ1v) is 9.88. The second-order valence-electron chi connectivity index (χ2n) is 4.89. The van der Waals surface area contributed by atoms with E-state index in [9.17, 15) is 4.21 Å². The van der Waals surface area contributed by atoms with E-state index in [1.165, 1.54) is 11.1 Å². The summed E-state index contributed by atoms with van der Waals surface area (Å²) in [5.74, 6) is 1.16. The molecule has 0 aromatic heterocycles. The van der Waals surface area contributed by atoms with E-state index in [1.807, 2.05) is 36.0 Å². The van der Waals surface area contributed by atoms with Gasteiger partial charge in [-0.15, -0.1) is 0 Å². The van der Waals surface area contributed by atoms with E-state index in [0.717, 1.165) is 29.3 Å². The van der Waals surface area contributed by atoms with Crippen molar-refractivity contribution < 1.29 is 4.21 Å². The van der Waals surface area contributed by atoms with Crippen LogP contribution in [0.1, 0.15) is 11.1 Å². The highest BCUT2D eigenvalue weighted by atomic mass is 32.2. The Morgan fingerprint density at radius 1 is 1.00 bits per heavy atom. The molecule has 0 aliphatic rings. The predicted octanol–water partition coefficient (Wildman–Crippen LogP) is 3.94. The van der Waals surface area contributed by atoms with Crippen LogP contribution in [0.2, 0.25) is 0 Å². The summed E-state index contributed by atoms with van der Waals surface area (Å²) in [5, 5.41) is 3.41. The molecule has 0 unspecified atom stereocenters. The van der Waals surface area contributed by atoms with Crippen LogP contribution in [-0.4, -0.2) is 22.5 Å². The van der Waals surface area contributed by atoms with Gasteiger partial charge in [0.25, 0.3) is 0 Å². The van der Waals surface area contributed by atoms with Gasteiger partial charge >= 0.3 is 0 Å². The minimum atomic E-state index is -0.905. The number of anilines is 1. The molecule has 0 saturated carbocycles. The van der Waals surface area contributed by atoms with Crippen LogP contribution in [0.25, 0.3) is 0 Å². The Balaban J connectivity index is 1.88. The van der Waals surface area contributed by atoms with Crippen molar-refractivity contribution in [3.63, 3.8) is 0 Å². The second-order valence-corrected chi connectivity index (χ2v) is 7.26. The molecule has 0 aliphatic heterocycles. The molecule has 112 valence electrons. The highest BCUT2D eigenvalue weighted by Gasteiger charge is 1.99. The molecule has 0 radical (unpaired) electrons. The molecule has 1 atom stereocenters. The molecule has 1 N–H and O–H groups in total. The maximum Gasteiger partial charge on any atom is 0.0498 e. The molecule has 0 saturated heterocycles. The Morgan fingerprint density at radius 3 is 2.19 bits per heavy atom. The minimum Gasteiger partial charge on any atom is -0.381 e. The van der Waals surface area contributed by atoms with Crippen LogP contribution in [0, 0.1) is 0 Å². The van der Waals surface area contributed by atoms with Crippen LogP contribution < -0.4 is 5.32 Å². The summed E-state index contributed by atoms with van der Waals surface area (Å²) >= 11 is 1.87. The summed E-state index contributed by atoms with van der Waals surface area (Å²) in [7, 11) is -0.905. The molecule has 0 fully saturated rings. The van der Waals surface area contributed by atoms with Gasteiger partial charge < -0.3 is 5.32 Å². The molecule has 0 amide bonds. The Hall–Kier alpha value is -1.26. The zero-order valence-electron chi connectivity index (χ0n) is 12.5. The molecule has 0 spiro atoms. The Morgan fingerprint density at radius 2 is 1.62 bits per heavy atom. The first-order chi connectivity index (χ1) is 10.2. The summed E-state index contributed by atoms with van der Waals surface area (Å²) in [6.07, 6.45) is 4.96. The van der Waals surface area contributed by atoms with Crippen molar-refractivity contribution in [1.82, 2.24) is 0 Å². The number of benzene rings is 2. The zero-order valence-corrected chi connectivity index (χ0v) is 14.1. The van der Waals surface area contributed by atoms with Gasteiger partial charge in [-0.3, -0.25) is 4.21 Å². The number of hydrogen-bond acceptors (Lipinski definition) is 3. The van der Waals surface area contributed by atoms with Gasteiger partial charge in [0.15, 0.2) is 0 Å². The maximum atomic E-state index is 11.3. The van der Waals surface area contributed by atoms with Crippen molar-refractivity contribution in [1.29, 1.82) is 0 Å². The van der Waals surface area contributed by atoms with Crippen molar-refractivity contribution >= 4 is 28.2 Å². The van der Waals surface area contributed by atoms with Gasteiger partial charge in [-0.1, -0.05) is 24.3 Å². The lowest BCUT2D eigenvalue weighted by molar-refractivity contribution is 0.687. The Kier molecular flexibility index (Phi) is 6.33. The van der Waals surface area contributed by atoms with Gasteiger partial charge in [0.2, 0.25) is 0 Å². The van der Waals surface area contributed by atoms with Crippen molar-refractivity contribution in [3.8, 4) is 0 Å². The summed E-state index contributed by atoms with van der Waals surface area (Å²) < 4.78 is 11.3. The predicted molar refractivity (Wildman–Crippen MR) is 94.6 cm³/mol. The first kappa shape index (κ1) is 16.1. The fraction of sp³-hybridized carbons (Fsp3) is 0.294. The number of thioether (sulfide) groups is 1. The van der Waals surface area contributed by atoms with Crippen LogP contribution >= 0.6 is 11.8 Å². The van der Waals surface area contributed by atoms with E-state index >= 15 is 0 Å². The van der Waals surface area contributed by atoms with E-state index in [1.54, 1.807) is 6.26 Å². The van der Waals surface area contributed by atoms with E-state index in [2.05, 4.69) is 35.8 Å². The largest absolute Gasteiger partial charge is 0.381 e. The normalized spacial score (nSPS) is 12.1. The lowest BCUT2D eigenvalue weighted by atomic mass is 10.1. The first-order valence-electron chi connectivity index (χ1n) is 6.93. The average Bonchev–Trinajstić information content (AvgIpc) is 2.52. The topological polar surface area (TPSA) is 29.1 Å². The molecule has 0 bridgehead atoms. The lowest BCUT2D eigenvalue weighted by Crippen LogP contribution is -2.00. The van der Waals surface area contributed by atoms with Gasteiger partial charge in [-0.05, 0) is 53.8 Å². The third-order valence-corrected chi connectivity index (χ3v) is 4.85. The molecule has 21 heavy (non-hydrogen) atoms. The van der Waals surface area contributed by atoms with Gasteiger partial charge in [0.05, 0.1) is 0 Å². The maximum absolute atomic E-state index is 11.3. The molecule has 2 rings (SSSR count). The van der Waals surface area contributed by atoms with Crippen molar-refractivity contribution in [2.45, 2.75) is 17.9 Å². The number of hydrogen-bond donors (Lipinski definition) is 1. The smallest absolute Gasteiger partial charge is 0.0498 e. The molecule has 0 heterocycles. The van der Waals surface area contributed by atoms with Crippen LogP contribution in [0.4, 0.5) is 5.69 Å². The summed E-state index contributed by atoms with van der Waals surface area (Å²) in [6, 6.07) is 16.5. The summed E-state index contributed by atoms with van der Waals surface area (Å²) in [6.45, 7) is 0.779. The van der Waals surface area contributed by atoms with Crippen LogP contribution in [0.5, 0.6) is 0 Å². The van der Waals surface area contributed by atoms with Crippen LogP contribution in [-0.2, 0) is 23.8 Å². The molecule has 2 aromatic carbocycles. The van der Waals surface area contributed by atoms with E-state index in [4.69, 9.17) is 0 Å². The van der Waals surface area contributed by atoms with Crippen molar-refractivity contribution in [3.05, 3.63) is 59.7 Å². The molecular formula is C17H21NOS2. The van der Waals surface area contributed by atoms with Gasteiger partial charge in [-0.2, -0.15) is 11.8 Å². The third-order valence-electron chi connectivity index (χ3n) is 3.30. The lowest BCUT2D eigenvalue weighted by Gasteiger charge is -2.08. The molecule has 0 aliphatic carbocycles. The highest BCUT2D eigenvalue weighted by Crippen LogP contribution is 2.14. The fourth-order valence-corrected chi connectivity index (χ4v) is 2.97. The van der Waals surface area contributed by atoms with Crippen LogP contribution in [0.3, 0.4) is 0 Å². The molecule has 2 aromatic rings. The fourth-order valence-electron chi connectivity index (χ4n) is 2.01. The number of nitrogens with one attached hydrogen (secondary N) is 1. The third kappa shape index (κ3) is 5.21. The van der Waals surface area contributed by atoms with Gasteiger partial charge in [0.1, 0.15) is 0 Å². The van der Waals surface area contributed by atoms with Crippen molar-refractivity contribution in [2.75, 3.05) is 23.6 Å². The zero-order chi connectivity index (χ0) is 15.1. The van der Waals surface area contributed by atoms with Gasteiger partial charge in [0, 0.05) is 34.2 Å². The SMILES string of the molecule is CSCCc1ccc(NCc2ccc([S@](C)=O)cc2)cc1. The van der Waals surface area contributed by atoms with E-state index < -0.39 is 10.8 Å². The quantitative estimate of drug-likeness (QED) is 0.838. The van der Waals surface area contributed by atoms with Crippen LogP contribution in [0.15, 0.2) is 53.4 Å². The number of rotatable bonds is 7.